The molecule has 7 nitrogen and oxygen atoms in total. The summed E-state index contributed by atoms with van der Waals surface area (Å²) in [6.45, 7) is 5.64. The number of piperidine rings is 1. The molecule has 7 heteroatoms. The van der Waals surface area contributed by atoms with Crippen LogP contribution in [-0.4, -0.2) is 71.5 Å². The molecule has 0 saturated carbocycles. The third kappa shape index (κ3) is 3.93. The first-order chi connectivity index (χ1) is 12.3. The van der Waals surface area contributed by atoms with Gasteiger partial charge in [-0.3, -0.25) is 10.00 Å². The summed E-state index contributed by atoms with van der Waals surface area (Å²) in [4.78, 5) is 16.6. The van der Waals surface area contributed by atoms with Crippen LogP contribution >= 0.6 is 0 Å². The topological polar surface area (TPSA) is 73.5 Å². The average Bonchev–Trinajstić information content (AvgIpc) is 3.12. The molecule has 4 rings (SSSR count). The second-order valence-electron chi connectivity index (χ2n) is 6.89. The largest absolute Gasteiger partial charge is 0.378 e. The van der Waals surface area contributed by atoms with Gasteiger partial charge >= 0.3 is 6.03 Å². The van der Waals surface area contributed by atoms with Crippen molar-refractivity contribution in [1.29, 1.82) is 0 Å². The zero-order valence-electron chi connectivity index (χ0n) is 14.4. The molecule has 2 N–H and O–H groups in total. The minimum Gasteiger partial charge on any atom is -0.378 e. The number of benzene rings is 1. The number of carbonyl (C=O) groups is 1. The van der Waals surface area contributed by atoms with Crippen LogP contribution in [0.5, 0.6) is 0 Å². The van der Waals surface area contributed by atoms with Gasteiger partial charge in [-0.05, 0) is 24.5 Å². The Hall–Kier alpha value is -2.12. The first-order valence-electron chi connectivity index (χ1n) is 9.05. The minimum absolute atomic E-state index is 0.0615. The van der Waals surface area contributed by atoms with E-state index < -0.39 is 0 Å². The summed E-state index contributed by atoms with van der Waals surface area (Å²) >= 11 is 0. The maximum Gasteiger partial charge on any atom is 0.317 e. The highest BCUT2D eigenvalue weighted by atomic mass is 16.5. The number of carbonyl (C=O) groups excluding carboxylic acids is 1. The van der Waals surface area contributed by atoms with Crippen molar-refractivity contribution >= 4 is 16.9 Å². The standard InChI is InChI=1S/C18H25N5O2/c24-18(23-7-9-25-10-8-23)20-16-3-5-22(6-4-16)13-14-1-2-15-12-19-21-17(15)11-14/h1-2,11-12,16H,3-10,13H2,(H,19,21)(H,20,24). The van der Waals surface area contributed by atoms with Crippen molar-refractivity contribution in [2.45, 2.75) is 25.4 Å². The van der Waals surface area contributed by atoms with E-state index in [1.165, 1.54) is 5.56 Å². The molecule has 0 spiro atoms. The number of aromatic nitrogens is 2. The van der Waals surface area contributed by atoms with Crippen molar-refractivity contribution in [2.75, 3.05) is 39.4 Å². The summed E-state index contributed by atoms with van der Waals surface area (Å²) in [5.74, 6) is 0. The number of aromatic amines is 1. The van der Waals surface area contributed by atoms with Crippen LogP contribution in [-0.2, 0) is 11.3 Å². The fraction of sp³-hybridized carbons (Fsp3) is 0.556. The van der Waals surface area contributed by atoms with Gasteiger partial charge in [-0.2, -0.15) is 5.10 Å². The predicted molar refractivity (Wildman–Crippen MR) is 95.3 cm³/mol. The first-order valence-corrected chi connectivity index (χ1v) is 9.05. The van der Waals surface area contributed by atoms with E-state index >= 15 is 0 Å². The van der Waals surface area contributed by atoms with E-state index in [-0.39, 0.29) is 12.1 Å². The van der Waals surface area contributed by atoms with Crippen LogP contribution in [0.2, 0.25) is 0 Å². The second kappa shape index (κ2) is 7.41. The fourth-order valence-electron chi connectivity index (χ4n) is 3.61. The van der Waals surface area contributed by atoms with E-state index in [4.69, 9.17) is 4.74 Å². The summed E-state index contributed by atoms with van der Waals surface area (Å²) in [6, 6.07) is 6.80. The smallest absolute Gasteiger partial charge is 0.317 e. The second-order valence-corrected chi connectivity index (χ2v) is 6.89. The molecular weight excluding hydrogens is 318 g/mol. The fourth-order valence-corrected chi connectivity index (χ4v) is 3.61. The molecule has 0 radical (unpaired) electrons. The van der Waals surface area contributed by atoms with Crippen molar-refractivity contribution in [2.24, 2.45) is 0 Å². The van der Waals surface area contributed by atoms with E-state index in [1.807, 2.05) is 11.1 Å². The molecule has 0 aliphatic carbocycles. The third-order valence-corrected chi connectivity index (χ3v) is 5.13. The highest BCUT2D eigenvalue weighted by Gasteiger charge is 2.24. The number of urea groups is 1. The quantitative estimate of drug-likeness (QED) is 0.887. The SMILES string of the molecule is O=C(NC1CCN(Cc2ccc3cn[nH]c3c2)CC1)N1CCOCC1. The Morgan fingerprint density at radius 1 is 1.24 bits per heavy atom. The van der Waals surface area contributed by atoms with Crippen molar-refractivity contribution in [3.05, 3.63) is 30.0 Å². The number of nitrogens with one attached hydrogen (secondary N) is 2. The average molecular weight is 343 g/mol. The maximum absolute atomic E-state index is 12.3. The van der Waals surface area contributed by atoms with Gasteiger partial charge in [0.25, 0.3) is 0 Å². The Balaban J connectivity index is 1.25. The lowest BCUT2D eigenvalue weighted by Crippen LogP contribution is -2.51. The van der Waals surface area contributed by atoms with Gasteiger partial charge in [0.15, 0.2) is 0 Å². The molecule has 0 bridgehead atoms. The summed E-state index contributed by atoms with van der Waals surface area (Å²) in [7, 11) is 0. The zero-order valence-corrected chi connectivity index (χ0v) is 14.4. The van der Waals surface area contributed by atoms with Crippen LogP contribution < -0.4 is 5.32 Å². The molecule has 2 fully saturated rings. The molecule has 2 amide bonds. The molecule has 2 saturated heterocycles. The lowest BCUT2D eigenvalue weighted by molar-refractivity contribution is 0.0516. The zero-order chi connectivity index (χ0) is 17.1. The van der Waals surface area contributed by atoms with Crippen LogP contribution in [0.4, 0.5) is 4.79 Å². The number of hydrogen-bond acceptors (Lipinski definition) is 4. The Kier molecular flexibility index (Phi) is 4.85. The first kappa shape index (κ1) is 16.4. The van der Waals surface area contributed by atoms with E-state index in [9.17, 15) is 4.79 Å². The lowest BCUT2D eigenvalue weighted by atomic mass is 10.0. The minimum atomic E-state index is 0.0615. The number of likely N-dealkylation sites (tertiary alicyclic amines) is 1. The molecule has 2 aliphatic rings. The van der Waals surface area contributed by atoms with Gasteiger partial charge in [-0.1, -0.05) is 12.1 Å². The summed E-state index contributed by atoms with van der Waals surface area (Å²) in [5, 5.41) is 11.4. The number of amides is 2. The number of ether oxygens (including phenoxy) is 1. The van der Waals surface area contributed by atoms with E-state index in [1.54, 1.807) is 0 Å². The number of H-pyrrole nitrogens is 1. The molecule has 2 aliphatic heterocycles. The van der Waals surface area contributed by atoms with Gasteiger partial charge in [0, 0.05) is 44.2 Å². The summed E-state index contributed by atoms with van der Waals surface area (Å²) in [6.07, 6.45) is 3.85. The van der Waals surface area contributed by atoms with Gasteiger partial charge in [0.1, 0.15) is 0 Å². The van der Waals surface area contributed by atoms with Gasteiger partial charge in [0.2, 0.25) is 0 Å². The Bertz CT molecular complexity index is 717. The molecule has 2 aromatic rings. The van der Waals surface area contributed by atoms with Crippen LogP contribution in [0.1, 0.15) is 18.4 Å². The van der Waals surface area contributed by atoms with Gasteiger partial charge in [0.05, 0.1) is 24.9 Å². The third-order valence-electron chi connectivity index (χ3n) is 5.13. The normalized spacial score (nSPS) is 20.1. The summed E-state index contributed by atoms with van der Waals surface area (Å²) < 4.78 is 5.30. The Morgan fingerprint density at radius 2 is 2.04 bits per heavy atom. The highest BCUT2D eigenvalue weighted by molar-refractivity contribution is 5.78. The van der Waals surface area contributed by atoms with Crippen molar-refractivity contribution < 1.29 is 9.53 Å². The van der Waals surface area contributed by atoms with Crippen LogP contribution in [0.25, 0.3) is 10.9 Å². The molecule has 3 heterocycles. The molecule has 25 heavy (non-hydrogen) atoms. The highest BCUT2D eigenvalue weighted by Crippen LogP contribution is 2.17. The number of fused-ring (bicyclic) bond motifs is 1. The van der Waals surface area contributed by atoms with E-state index in [0.717, 1.165) is 43.4 Å². The maximum atomic E-state index is 12.3. The lowest BCUT2D eigenvalue weighted by Gasteiger charge is -2.34. The van der Waals surface area contributed by atoms with Crippen LogP contribution in [0.15, 0.2) is 24.4 Å². The Labute approximate surface area is 147 Å². The van der Waals surface area contributed by atoms with E-state index in [0.29, 0.717) is 26.3 Å². The monoisotopic (exact) mass is 343 g/mol. The number of rotatable bonds is 3. The van der Waals surface area contributed by atoms with Crippen molar-refractivity contribution in [3.63, 3.8) is 0 Å². The van der Waals surface area contributed by atoms with Crippen LogP contribution in [0.3, 0.4) is 0 Å². The van der Waals surface area contributed by atoms with Gasteiger partial charge < -0.3 is 15.0 Å². The molecule has 1 aromatic carbocycles. The van der Waals surface area contributed by atoms with Gasteiger partial charge in [-0.15, -0.1) is 0 Å². The number of hydrogen-bond donors (Lipinski definition) is 2. The van der Waals surface area contributed by atoms with E-state index in [2.05, 4.69) is 38.6 Å². The molecule has 0 atom stereocenters. The van der Waals surface area contributed by atoms with Crippen LogP contribution in [0, 0.1) is 0 Å². The molecule has 0 unspecified atom stereocenters. The number of morpholine rings is 1. The molecular formula is C18H25N5O2. The summed E-state index contributed by atoms with van der Waals surface area (Å²) in [5.41, 5.74) is 2.39. The Morgan fingerprint density at radius 3 is 2.84 bits per heavy atom. The molecule has 134 valence electrons. The van der Waals surface area contributed by atoms with Crippen molar-refractivity contribution in [1.82, 2.24) is 25.3 Å². The number of nitrogens with zero attached hydrogens (tertiary/aromatic N) is 3. The van der Waals surface area contributed by atoms with Crippen molar-refractivity contribution in [3.8, 4) is 0 Å². The predicted octanol–water partition coefficient (Wildman–Crippen LogP) is 1.57. The van der Waals surface area contributed by atoms with Gasteiger partial charge in [-0.25, -0.2) is 4.79 Å². The molecule has 1 aromatic heterocycles.